The van der Waals surface area contributed by atoms with Gasteiger partial charge >= 0.3 is 5.97 Å². The van der Waals surface area contributed by atoms with E-state index in [0.717, 1.165) is 6.34 Å². The molecule has 0 bridgehead atoms. The van der Waals surface area contributed by atoms with Gasteiger partial charge in [0.15, 0.2) is 0 Å². The minimum atomic E-state index is -1.47. The van der Waals surface area contributed by atoms with Gasteiger partial charge < -0.3 is 10.9 Å². The highest BCUT2D eigenvalue weighted by molar-refractivity contribution is 6.32. The van der Waals surface area contributed by atoms with Crippen LogP contribution >= 0.6 is 0 Å². The number of aliphatic carboxylic acids is 1. The van der Waals surface area contributed by atoms with E-state index in [-0.39, 0.29) is 13.0 Å². The van der Waals surface area contributed by atoms with Crippen LogP contribution in [0.3, 0.4) is 0 Å². The first-order valence-electron chi connectivity index (χ1n) is 3.03. The Bertz CT molecular complexity index is 191. The number of nitrogens with zero attached hydrogens (tertiary/aromatic N) is 1. The third-order valence-electron chi connectivity index (χ3n) is 0.880. The second-order valence-electron chi connectivity index (χ2n) is 1.72. The Morgan fingerprint density at radius 1 is 1.67 bits per heavy atom. The summed E-state index contributed by atoms with van der Waals surface area (Å²) in [6, 6.07) is 0. The number of carbonyl (C=O) groups is 2. The van der Waals surface area contributed by atoms with Gasteiger partial charge in [0.05, 0.1) is 6.61 Å². The highest BCUT2D eigenvalue weighted by atomic mass is 16.6. The molecule has 0 aliphatic carbocycles. The molecule has 7 nitrogen and oxygen atoms in total. The minimum Gasteiger partial charge on any atom is -0.475 e. The number of ketones is 1. The number of rotatable bonds is 6. The highest BCUT2D eigenvalue weighted by Crippen LogP contribution is 1.82. The summed E-state index contributed by atoms with van der Waals surface area (Å²) in [7, 11) is 0. The Hall–Kier alpha value is -1.63. The first-order valence-corrected chi connectivity index (χ1v) is 3.03. The predicted molar refractivity (Wildman–Crippen MR) is 39.0 cm³/mol. The summed E-state index contributed by atoms with van der Waals surface area (Å²) in [4.78, 5) is 24.9. The number of carbonyl (C=O) groups excluding carboxylic acids is 1. The third-order valence-corrected chi connectivity index (χ3v) is 0.880. The third kappa shape index (κ3) is 5.18. The Morgan fingerprint density at radius 3 is 2.83 bits per heavy atom. The molecule has 0 saturated carbocycles. The number of nitrogens with two attached hydrogens (primary N) is 1. The van der Waals surface area contributed by atoms with E-state index in [2.05, 4.69) is 21.3 Å². The number of nitrogens with one attached hydrogen (secondary N) is 1. The Labute approximate surface area is 68.1 Å². The Balaban J connectivity index is 3.32. The average molecular weight is 175 g/mol. The number of hydrogen-bond donors (Lipinski definition) is 3. The van der Waals surface area contributed by atoms with Crippen molar-refractivity contribution in [2.45, 2.75) is 6.42 Å². The molecule has 0 aromatic heterocycles. The molecule has 0 heterocycles. The maximum absolute atomic E-state index is 10.4. The van der Waals surface area contributed by atoms with Crippen LogP contribution in [0.4, 0.5) is 0 Å². The lowest BCUT2D eigenvalue weighted by atomic mass is 10.3. The molecular formula is C5H9N3O4. The number of hydrogen-bond acceptors (Lipinski definition) is 5. The maximum atomic E-state index is 10.4. The van der Waals surface area contributed by atoms with Crippen molar-refractivity contribution in [1.29, 1.82) is 0 Å². The van der Waals surface area contributed by atoms with E-state index in [1.54, 1.807) is 0 Å². The second kappa shape index (κ2) is 6.10. The number of Topliss-reactive ketones (excluding diaryl/α,β-unsaturated/α-hetero) is 1. The van der Waals surface area contributed by atoms with E-state index in [1.165, 1.54) is 0 Å². The lowest BCUT2D eigenvalue weighted by molar-refractivity contribution is -0.149. The standard InChI is InChI=1S/C5H9N3O4/c6-7-3-8-12-2-1-4(9)5(10)11/h3H,1-2,6H2,(H,7,8)(H,10,11). The SMILES string of the molecule is NN=CNOCCC(=O)C(=O)O. The number of carboxylic acid groups (broad SMARTS) is 1. The minimum absolute atomic E-state index is 0.0445. The molecule has 0 aromatic carbocycles. The van der Waals surface area contributed by atoms with E-state index in [1.807, 2.05) is 0 Å². The zero-order valence-electron chi connectivity index (χ0n) is 6.19. The van der Waals surface area contributed by atoms with Gasteiger partial charge in [-0.1, -0.05) is 0 Å². The van der Waals surface area contributed by atoms with Crippen LogP contribution in [0.5, 0.6) is 0 Å². The van der Waals surface area contributed by atoms with Crippen molar-refractivity contribution in [3.8, 4) is 0 Å². The van der Waals surface area contributed by atoms with E-state index in [9.17, 15) is 9.59 Å². The van der Waals surface area contributed by atoms with Crippen molar-refractivity contribution < 1.29 is 19.5 Å². The van der Waals surface area contributed by atoms with Crippen molar-refractivity contribution in [2.75, 3.05) is 6.61 Å². The van der Waals surface area contributed by atoms with E-state index >= 15 is 0 Å². The van der Waals surface area contributed by atoms with Crippen LogP contribution in [0.25, 0.3) is 0 Å². The zero-order chi connectivity index (χ0) is 9.40. The van der Waals surface area contributed by atoms with Gasteiger partial charge in [0, 0.05) is 6.42 Å². The van der Waals surface area contributed by atoms with Crippen molar-refractivity contribution in [3.05, 3.63) is 0 Å². The van der Waals surface area contributed by atoms with Crippen LogP contribution in [0, 0.1) is 0 Å². The summed E-state index contributed by atoms with van der Waals surface area (Å²) in [5, 5.41) is 11.1. The maximum Gasteiger partial charge on any atom is 0.372 e. The molecule has 0 unspecified atom stereocenters. The van der Waals surface area contributed by atoms with Crippen LogP contribution in [0.1, 0.15) is 6.42 Å². The first kappa shape index (κ1) is 10.4. The van der Waals surface area contributed by atoms with Crippen molar-refractivity contribution in [3.63, 3.8) is 0 Å². The quantitative estimate of drug-likeness (QED) is 0.112. The molecule has 0 atom stereocenters. The number of carboxylic acids is 1. The fraction of sp³-hybridized carbons (Fsp3) is 0.400. The normalized spacial score (nSPS) is 10.0. The summed E-state index contributed by atoms with van der Waals surface area (Å²) in [5.41, 5.74) is 2.17. The predicted octanol–water partition coefficient (Wildman–Crippen LogP) is -1.55. The molecule has 7 heteroatoms. The van der Waals surface area contributed by atoms with Crippen LogP contribution < -0.4 is 11.3 Å². The lowest BCUT2D eigenvalue weighted by Gasteiger charge is -1.98. The Morgan fingerprint density at radius 2 is 2.33 bits per heavy atom. The molecule has 0 amide bonds. The molecule has 0 fully saturated rings. The molecule has 0 aromatic rings. The van der Waals surface area contributed by atoms with E-state index in [0.29, 0.717) is 0 Å². The van der Waals surface area contributed by atoms with Gasteiger partial charge in [-0.3, -0.25) is 15.1 Å². The largest absolute Gasteiger partial charge is 0.475 e. The van der Waals surface area contributed by atoms with Gasteiger partial charge in [0.2, 0.25) is 5.78 Å². The van der Waals surface area contributed by atoms with Crippen molar-refractivity contribution in [2.24, 2.45) is 10.9 Å². The molecule has 0 radical (unpaired) electrons. The smallest absolute Gasteiger partial charge is 0.372 e. The van der Waals surface area contributed by atoms with Crippen molar-refractivity contribution >= 4 is 18.1 Å². The summed E-state index contributed by atoms with van der Waals surface area (Å²) in [5.74, 6) is 2.32. The monoisotopic (exact) mass is 175 g/mol. The van der Waals surface area contributed by atoms with Gasteiger partial charge in [-0.25, -0.2) is 4.79 Å². The number of hydroxylamine groups is 1. The fourth-order valence-electron chi connectivity index (χ4n) is 0.377. The summed E-state index contributed by atoms with van der Waals surface area (Å²) in [6.45, 7) is -0.0445. The van der Waals surface area contributed by atoms with Crippen molar-refractivity contribution in [1.82, 2.24) is 5.48 Å². The number of hydrazone groups is 1. The average Bonchev–Trinajstić information content (AvgIpc) is 2.03. The van der Waals surface area contributed by atoms with Gasteiger partial charge in [-0.15, -0.1) is 0 Å². The van der Waals surface area contributed by atoms with Crippen LogP contribution in [0.2, 0.25) is 0 Å². The lowest BCUT2D eigenvalue weighted by Crippen LogP contribution is -2.19. The van der Waals surface area contributed by atoms with Gasteiger partial charge in [-0.2, -0.15) is 5.10 Å². The fourth-order valence-corrected chi connectivity index (χ4v) is 0.377. The molecular weight excluding hydrogens is 166 g/mol. The van der Waals surface area contributed by atoms with Crippen LogP contribution in [-0.2, 0) is 14.4 Å². The summed E-state index contributed by atoms with van der Waals surface area (Å²) in [6.07, 6.45) is 0.867. The molecule has 4 N–H and O–H groups in total. The van der Waals surface area contributed by atoms with Gasteiger partial charge in [0.1, 0.15) is 6.34 Å². The zero-order valence-corrected chi connectivity index (χ0v) is 6.19. The summed E-state index contributed by atoms with van der Waals surface area (Å²) < 4.78 is 0. The van der Waals surface area contributed by atoms with E-state index in [4.69, 9.17) is 5.11 Å². The molecule has 0 rings (SSSR count). The molecule has 12 heavy (non-hydrogen) atoms. The molecule has 0 aliphatic rings. The first-order chi connectivity index (χ1) is 5.68. The van der Waals surface area contributed by atoms with Gasteiger partial charge in [-0.05, 0) is 0 Å². The summed E-state index contributed by atoms with van der Waals surface area (Å²) >= 11 is 0. The molecule has 68 valence electrons. The molecule has 0 spiro atoms. The Kier molecular flexibility index (Phi) is 5.28. The van der Waals surface area contributed by atoms with Gasteiger partial charge in [0.25, 0.3) is 0 Å². The van der Waals surface area contributed by atoms with E-state index < -0.39 is 11.8 Å². The van der Waals surface area contributed by atoms with Crippen LogP contribution in [-0.4, -0.2) is 29.8 Å². The highest BCUT2D eigenvalue weighted by Gasteiger charge is 2.09. The molecule has 0 saturated heterocycles. The van der Waals surface area contributed by atoms with Crippen LogP contribution in [0.15, 0.2) is 5.10 Å². The topological polar surface area (TPSA) is 114 Å². The molecule has 0 aliphatic heterocycles. The second-order valence-corrected chi connectivity index (χ2v) is 1.72.